The van der Waals surface area contributed by atoms with Crippen LogP contribution in [0.25, 0.3) is 10.1 Å². The van der Waals surface area contributed by atoms with Gasteiger partial charge in [0.15, 0.2) is 0 Å². The molecule has 0 amide bonds. The second-order valence-corrected chi connectivity index (χ2v) is 6.36. The predicted octanol–water partition coefficient (Wildman–Crippen LogP) is 4.59. The highest BCUT2D eigenvalue weighted by molar-refractivity contribution is 7.19. The van der Waals surface area contributed by atoms with Gasteiger partial charge in [0.05, 0.1) is 0 Å². The highest BCUT2D eigenvalue weighted by atomic mass is 35.5. The highest BCUT2D eigenvalue weighted by Crippen LogP contribution is 2.28. The molecule has 1 aliphatic carbocycles. The average molecular weight is 266 g/mol. The number of thiophene rings is 1. The van der Waals surface area contributed by atoms with Gasteiger partial charge in [0.1, 0.15) is 0 Å². The summed E-state index contributed by atoms with van der Waals surface area (Å²) in [5, 5.41) is 5.79. The Labute approximate surface area is 111 Å². The molecule has 1 N–H and O–H groups in total. The predicted molar refractivity (Wildman–Crippen MR) is 75.9 cm³/mol. The van der Waals surface area contributed by atoms with Gasteiger partial charge < -0.3 is 5.32 Å². The first-order chi connectivity index (χ1) is 8.31. The van der Waals surface area contributed by atoms with E-state index in [9.17, 15) is 0 Å². The third-order valence-corrected chi connectivity index (χ3v) is 4.79. The van der Waals surface area contributed by atoms with Crippen molar-refractivity contribution in [3.8, 4) is 0 Å². The summed E-state index contributed by atoms with van der Waals surface area (Å²) in [6, 6.07) is 9.14. The lowest BCUT2D eigenvalue weighted by atomic mass is 10.2. The Morgan fingerprint density at radius 1 is 1.24 bits per heavy atom. The van der Waals surface area contributed by atoms with E-state index in [2.05, 4.69) is 23.5 Å². The van der Waals surface area contributed by atoms with E-state index in [0.717, 1.165) is 17.6 Å². The highest BCUT2D eigenvalue weighted by Gasteiger charge is 2.14. The molecule has 17 heavy (non-hydrogen) atoms. The fourth-order valence-electron chi connectivity index (χ4n) is 2.52. The molecule has 0 spiro atoms. The molecule has 1 saturated carbocycles. The maximum Gasteiger partial charge on any atom is 0.0420 e. The summed E-state index contributed by atoms with van der Waals surface area (Å²) in [5.74, 6) is 0. The molecule has 1 aromatic heterocycles. The minimum absolute atomic E-state index is 0.740. The van der Waals surface area contributed by atoms with E-state index in [4.69, 9.17) is 11.6 Å². The second kappa shape index (κ2) is 4.97. The lowest BCUT2D eigenvalue weighted by molar-refractivity contribution is 0.527. The minimum atomic E-state index is 0.740. The maximum atomic E-state index is 6.00. The molecule has 0 radical (unpaired) electrons. The van der Waals surface area contributed by atoms with Gasteiger partial charge in [-0.3, -0.25) is 0 Å². The zero-order valence-electron chi connectivity index (χ0n) is 9.71. The van der Waals surface area contributed by atoms with Gasteiger partial charge in [-0.05, 0) is 36.4 Å². The molecule has 90 valence electrons. The van der Waals surface area contributed by atoms with Crippen molar-refractivity contribution in [2.24, 2.45) is 0 Å². The average Bonchev–Trinajstić information content (AvgIpc) is 2.94. The number of fused-ring (bicyclic) bond motifs is 1. The van der Waals surface area contributed by atoms with Gasteiger partial charge in [-0.2, -0.15) is 0 Å². The lowest BCUT2D eigenvalue weighted by Gasteiger charge is -2.09. The number of halogens is 1. The molecular formula is C14H16ClNS. The zero-order chi connectivity index (χ0) is 11.7. The molecule has 1 nitrogen and oxygen atoms in total. The van der Waals surface area contributed by atoms with E-state index in [1.165, 1.54) is 40.6 Å². The van der Waals surface area contributed by atoms with E-state index in [0.29, 0.717) is 0 Å². The van der Waals surface area contributed by atoms with Crippen LogP contribution in [0.4, 0.5) is 0 Å². The van der Waals surface area contributed by atoms with Crippen LogP contribution >= 0.6 is 22.9 Å². The molecule has 1 heterocycles. The van der Waals surface area contributed by atoms with Crippen LogP contribution < -0.4 is 5.32 Å². The topological polar surface area (TPSA) is 12.0 Å². The van der Waals surface area contributed by atoms with E-state index >= 15 is 0 Å². The molecule has 2 aromatic rings. The summed E-state index contributed by atoms with van der Waals surface area (Å²) in [6.45, 7) is 1.00. The van der Waals surface area contributed by atoms with Crippen LogP contribution in [-0.4, -0.2) is 6.04 Å². The summed E-state index contributed by atoms with van der Waals surface area (Å²) < 4.78 is 1.29. The molecule has 1 fully saturated rings. The van der Waals surface area contributed by atoms with Gasteiger partial charge in [0.25, 0.3) is 0 Å². The van der Waals surface area contributed by atoms with Crippen molar-refractivity contribution in [1.82, 2.24) is 5.32 Å². The number of benzene rings is 1. The van der Waals surface area contributed by atoms with Crippen molar-refractivity contribution in [3.05, 3.63) is 34.2 Å². The fraction of sp³-hybridized carbons (Fsp3) is 0.429. The Morgan fingerprint density at radius 3 is 2.88 bits per heavy atom. The minimum Gasteiger partial charge on any atom is -0.309 e. The molecule has 1 aliphatic rings. The van der Waals surface area contributed by atoms with Gasteiger partial charge >= 0.3 is 0 Å². The molecule has 0 unspecified atom stereocenters. The summed E-state index contributed by atoms with van der Waals surface area (Å²) in [6.07, 6.45) is 5.47. The van der Waals surface area contributed by atoms with E-state index in [-0.39, 0.29) is 0 Å². The van der Waals surface area contributed by atoms with Gasteiger partial charge in [0.2, 0.25) is 0 Å². The van der Waals surface area contributed by atoms with Crippen molar-refractivity contribution < 1.29 is 0 Å². The van der Waals surface area contributed by atoms with Crippen LogP contribution in [0, 0.1) is 0 Å². The van der Waals surface area contributed by atoms with Crippen molar-refractivity contribution in [1.29, 1.82) is 0 Å². The van der Waals surface area contributed by atoms with Gasteiger partial charge in [0, 0.05) is 27.2 Å². The van der Waals surface area contributed by atoms with E-state index in [1.54, 1.807) is 0 Å². The fourth-order valence-corrected chi connectivity index (χ4v) is 3.81. The third kappa shape index (κ3) is 2.65. The molecule has 0 aliphatic heterocycles. The summed E-state index contributed by atoms with van der Waals surface area (Å²) in [4.78, 5) is 1.41. The Kier molecular flexibility index (Phi) is 3.37. The first-order valence-electron chi connectivity index (χ1n) is 6.22. The van der Waals surface area contributed by atoms with Crippen molar-refractivity contribution in [2.75, 3.05) is 0 Å². The summed E-state index contributed by atoms with van der Waals surface area (Å²) in [5.41, 5.74) is 0. The van der Waals surface area contributed by atoms with Crippen molar-refractivity contribution in [2.45, 2.75) is 38.3 Å². The van der Waals surface area contributed by atoms with Crippen molar-refractivity contribution in [3.63, 3.8) is 0 Å². The molecular weight excluding hydrogens is 250 g/mol. The molecule has 3 rings (SSSR count). The molecule has 0 atom stereocenters. The van der Waals surface area contributed by atoms with Crippen LogP contribution in [-0.2, 0) is 6.54 Å². The second-order valence-electron chi connectivity index (χ2n) is 4.76. The van der Waals surface area contributed by atoms with Crippen LogP contribution in [0.5, 0.6) is 0 Å². The van der Waals surface area contributed by atoms with Crippen LogP contribution in [0.1, 0.15) is 30.6 Å². The molecule has 0 bridgehead atoms. The zero-order valence-corrected chi connectivity index (χ0v) is 11.3. The first-order valence-corrected chi connectivity index (χ1v) is 7.42. The monoisotopic (exact) mass is 265 g/mol. The Balaban J connectivity index is 1.72. The van der Waals surface area contributed by atoms with Gasteiger partial charge in [-0.25, -0.2) is 0 Å². The largest absolute Gasteiger partial charge is 0.309 e. The number of hydrogen-bond acceptors (Lipinski definition) is 2. The molecule has 0 saturated heterocycles. The quantitative estimate of drug-likeness (QED) is 0.856. The Hall–Kier alpha value is -0.570. The SMILES string of the molecule is Clc1ccc2cc(CNC3CCCC3)sc2c1. The standard InChI is InChI=1S/C14H16ClNS/c15-11-6-5-10-7-13(17-14(10)8-11)9-16-12-3-1-2-4-12/h5-8,12,16H,1-4,9H2. The van der Waals surface area contributed by atoms with E-state index in [1.807, 2.05) is 17.4 Å². The van der Waals surface area contributed by atoms with Gasteiger partial charge in [-0.15, -0.1) is 11.3 Å². The molecule has 3 heteroatoms. The maximum absolute atomic E-state index is 6.00. The normalized spacial score (nSPS) is 17.0. The smallest absolute Gasteiger partial charge is 0.0420 e. The van der Waals surface area contributed by atoms with E-state index < -0.39 is 0 Å². The van der Waals surface area contributed by atoms with Crippen molar-refractivity contribution >= 4 is 33.0 Å². The Bertz CT molecular complexity index is 514. The first kappa shape index (κ1) is 11.5. The Morgan fingerprint density at radius 2 is 2.06 bits per heavy atom. The number of hydrogen-bond donors (Lipinski definition) is 1. The number of rotatable bonds is 3. The third-order valence-electron chi connectivity index (χ3n) is 3.45. The van der Waals surface area contributed by atoms with Gasteiger partial charge in [-0.1, -0.05) is 30.5 Å². The number of nitrogens with one attached hydrogen (secondary N) is 1. The lowest BCUT2D eigenvalue weighted by Crippen LogP contribution is -2.24. The van der Waals surface area contributed by atoms with Crippen LogP contribution in [0.3, 0.4) is 0 Å². The summed E-state index contributed by atoms with van der Waals surface area (Å²) >= 11 is 7.85. The van der Waals surface area contributed by atoms with Crippen LogP contribution in [0.15, 0.2) is 24.3 Å². The van der Waals surface area contributed by atoms with Crippen LogP contribution in [0.2, 0.25) is 5.02 Å². The molecule has 1 aromatic carbocycles. The summed E-state index contributed by atoms with van der Waals surface area (Å²) in [7, 11) is 0.